The quantitative estimate of drug-likeness (QED) is 0.319. The Balaban J connectivity index is 1.79. The molecule has 4 rings (SSSR count). The summed E-state index contributed by atoms with van der Waals surface area (Å²) in [6.45, 7) is 6.03. The third-order valence-electron chi connectivity index (χ3n) is 4.44. The van der Waals surface area contributed by atoms with Crippen LogP contribution in [0.3, 0.4) is 0 Å². The molecular formula is C21H18N4O2S. The standard InChI is InChI=1S/C21H18N4O2S/c1-3-12-25-20(27)15-9-5-7-11-17(15)23-21(25)28-13(2)18-22-16-10-6-4-8-14(16)19(26)24-18/h3-11,13H,1,12H2,2H3,(H,22,24,26)/t13-/m1/s1. The molecule has 6 nitrogen and oxygen atoms in total. The van der Waals surface area contributed by atoms with Gasteiger partial charge in [-0.3, -0.25) is 14.2 Å². The van der Waals surface area contributed by atoms with Crippen LogP contribution in [0.4, 0.5) is 0 Å². The molecule has 0 saturated heterocycles. The van der Waals surface area contributed by atoms with Crippen LogP contribution in [0, 0.1) is 0 Å². The van der Waals surface area contributed by atoms with Crippen molar-refractivity contribution in [3.8, 4) is 0 Å². The van der Waals surface area contributed by atoms with E-state index in [0.717, 1.165) is 0 Å². The van der Waals surface area contributed by atoms with Crippen molar-refractivity contribution < 1.29 is 0 Å². The van der Waals surface area contributed by atoms with Crippen molar-refractivity contribution in [3.05, 3.63) is 87.7 Å². The van der Waals surface area contributed by atoms with Gasteiger partial charge in [-0.1, -0.05) is 42.1 Å². The van der Waals surface area contributed by atoms with Gasteiger partial charge in [0.2, 0.25) is 0 Å². The lowest BCUT2D eigenvalue weighted by Gasteiger charge is -2.15. The fourth-order valence-corrected chi connectivity index (χ4v) is 4.01. The van der Waals surface area contributed by atoms with Crippen molar-refractivity contribution in [1.82, 2.24) is 19.5 Å². The molecule has 0 bridgehead atoms. The summed E-state index contributed by atoms with van der Waals surface area (Å²) in [5.41, 5.74) is 0.995. The molecule has 0 unspecified atom stereocenters. The summed E-state index contributed by atoms with van der Waals surface area (Å²) in [7, 11) is 0. The number of H-pyrrole nitrogens is 1. The van der Waals surface area contributed by atoms with E-state index in [2.05, 4.69) is 21.5 Å². The Kier molecular flexibility index (Phi) is 4.83. The highest BCUT2D eigenvalue weighted by atomic mass is 32.2. The van der Waals surface area contributed by atoms with Gasteiger partial charge < -0.3 is 4.98 Å². The van der Waals surface area contributed by atoms with Crippen LogP contribution in [0.25, 0.3) is 21.8 Å². The number of nitrogens with zero attached hydrogens (tertiary/aromatic N) is 3. The van der Waals surface area contributed by atoms with Gasteiger partial charge in [0.1, 0.15) is 5.82 Å². The number of para-hydroxylation sites is 2. The largest absolute Gasteiger partial charge is 0.309 e. The lowest BCUT2D eigenvalue weighted by Crippen LogP contribution is -2.23. The van der Waals surface area contributed by atoms with Crippen LogP contribution in [0.1, 0.15) is 18.0 Å². The van der Waals surface area contributed by atoms with Crippen LogP contribution in [0.5, 0.6) is 0 Å². The first-order valence-electron chi connectivity index (χ1n) is 8.84. The molecule has 2 heterocycles. The van der Waals surface area contributed by atoms with Gasteiger partial charge in [-0.25, -0.2) is 9.97 Å². The minimum atomic E-state index is -0.207. The van der Waals surface area contributed by atoms with Gasteiger partial charge in [0, 0.05) is 6.54 Å². The first-order chi connectivity index (χ1) is 13.6. The molecule has 0 amide bonds. The van der Waals surface area contributed by atoms with Crippen LogP contribution in [-0.4, -0.2) is 19.5 Å². The number of fused-ring (bicyclic) bond motifs is 2. The highest BCUT2D eigenvalue weighted by molar-refractivity contribution is 7.99. The Morgan fingerprint density at radius 1 is 1.07 bits per heavy atom. The van der Waals surface area contributed by atoms with E-state index in [4.69, 9.17) is 0 Å². The average Bonchev–Trinajstić information content (AvgIpc) is 2.71. The lowest BCUT2D eigenvalue weighted by atomic mass is 10.2. The van der Waals surface area contributed by atoms with E-state index in [1.54, 1.807) is 22.8 Å². The zero-order chi connectivity index (χ0) is 19.7. The number of allylic oxidation sites excluding steroid dienone is 1. The van der Waals surface area contributed by atoms with Gasteiger partial charge in [0.05, 0.1) is 27.1 Å². The zero-order valence-corrected chi connectivity index (χ0v) is 16.1. The smallest absolute Gasteiger partial charge is 0.262 e. The van der Waals surface area contributed by atoms with E-state index in [-0.39, 0.29) is 16.4 Å². The molecule has 0 aliphatic heterocycles. The Labute approximate surface area is 165 Å². The van der Waals surface area contributed by atoms with E-state index in [1.165, 1.54) is 11.8 Å². The summed E-state index contributed by atoms with van der Waals surface area (Å²) < 4.78 is 1.59. The molecule has 2 aromatic heterocycles. The maximum atomic E-state index is 12.9. The fourth-order valence-electron chi connectivity index (χ4n) is 3.04. The lowest BCUT2D eigenvalue weighted by molar-refractivity contribution is 0.669. The van der Waals surface area contributed by atoms with Crippen molar-refractivity contribution >= 4 is 33.6 Å². The average molecular weight is 390 g/mol. The molecule has 0 fully saturated rings. The van der Waals surface area contributed by atoms with Crippen LogP contribution in [0.2, 0.25) is 0 Å². The Bertz CT molecular complexity index is 1310. The van der Waals surface area contributed by atoms with Crippen LogP contribution in [0.15, 0.2) is 75.9 Å². The number of thioether (sulfide) groups is 1. The van der Waals surface area contributed by atoms with Crippen molar-refractivity contribution in [2.75, 3.05) is 0 Å². The first-order valence-corrected chi connectivity index (χ1v) is 9.72. The highest BCUT2D eigenvalue weighted by Gasteiger charge is 2.17. The summed E-state index contributed by atoms with van der Waals surface area (Å²) in [6, 6.07) is 14.5. The summed E-state index contributed by atoms with van der Waals surface area (Å²) >= 11 is 1.38. The SMILES string of the molecule is C=CCn1c(S[C@H](C)c2nc3ccccc3c(=O)[nH]2)nc2ccccc2c1=O. The molecule has 0 aliphatic rings. The second-order valence-electron chi connectivity index (χ2n) is 6.34. The molecule has 1 N–H and O–H groups in total. The van der Waals surface area contributed by atoms with E-state index < -0.39 is 0 Å². The van der Waals surface area contributed by atoms with Crippen LogP contribution >= 0.6 is 11.8 Å². The predicted molar refractivity (Wildman–Crippen MR) is 113 cm³/mol. The normalized spacial score (nSPS) is 12.3. The number of aromatic nitrogens is 4. The third-order valence-corrected chi connectivity index (χ3v) is 5.54. The number of aromatic amines is 1. The topological polar surface area (TPSA) is 80.6 Å². The number of hydrogen-bond acceptors (Lipinski definition) is 5. The van der Waals surface area contributed by atoms with Gasteiger partial charge >= 0.3 is 0 Å². The van der Waals surface area contributed by atoms with E-state index >= 15 is 0 Å². The minimum Gasteiger partial charge on any atom is -0.309 e. The fraction of sp³-hybridized carbons (Fsp3) is 0.143. The molecule has 2 aromatic carbocycles. The van der Waals surface area contributed by atoms with Crippen molar-refractivity contribution in [3.63, 3.8) is 0 Å². The Morgan fingerprint density at radius 3 is 2.43 bits per heavy atom. The van der Waals surface area contributed by atoms with Crippen molar-refractivity contribution in [2.45, 2.75) is 23.9 Å². The molecule has 0 aliphatic carbocycles. The molecule has 4 aromatic rings. The number of benzene rings is 2. The van der Waals surface area contributed by atoms with Gasteiger partial charge in [-0.05, 0) is 31.2 Å². The maximum absolute atomic E-state index is 12.9. The molecule has 0 spiro atoms. The molecular weight excluding hydrogens is 372 g/mol. The second kappa shape index (κ2) is 7.44. The van der Waals surface area contributed by atoms with E-state index in [1.807, 2.05) is 43.3 Å². The predicted octanol–water partition coefficient (Wildman–Crippen LogP) is 3.67. The van der Waals surface area contributed by atoms with E-state index in [0.29, 0.717) is 39.3 Å². The molecule has 28 heavy (non-hydrogen) atoms. The Hall–Kier alpha value is -3.19. The van der Waals surface area contributed by atoms with Gasteiger partial charge in [-0.15, -0.1) is 6.58 Å². The summed E-state index contributed by atoms with van der Waals surface area (Å²) in [5.74, 6) is 0.543. The van der Waals surface area contributed by atoms with Crippen molar-refractivity contribution in [2.24, 2.45) is 0 Å². The number of rotatable bonds is 5. The zero-order valence-electron chi connectivity index (χ0n) is 15.3. The molecule has 140 valence electrons. The van der Waals surface area contributed by atoms with Gasteiger partial charge in [-0.2, -0.15) is 0 Å². The summed E-state index contributed by atoms with van der Waals surface area (Å²) in [6.07, 6.45) is 1.67. The van der Waals surface area contributed by atoms with Gasteiger partial charge in [0.15, 0.2) is 5.16 Å². The van der Waals surface area contributed by atoms with Gasteiger partial charge in [0.25, 0.3) is 11.1 Å². The van der Waals surface area contributed by atoms with Crippen LogP contribution in [-0.2, 0) is 6.54 Å². The van der Waals surface area contributed by atoms with E-state index in [9.17, 15) is 9.59 Å². The molecule has 0 radical (unpaired) electrons. The molecule has 1 atom stereocenters. The van der Waals surface area contributed by atoms with Crippen molar-refractivity contribution in [1.29, 1.82) is 0 Å². The first kappa shape index (κ1) is 18.2. The molecule has 7 heteroatoms. The summed E-state index contributed by atoms with van der Waals surface area (Å²) in [4.78, 5) is 37.3. The molecule has 0 saturated carbocycles. The third kappa shape index (κ3) is 3.25. The monoisotopic (exact) mass is 390 g/mol. The highest BCUT2D eigenvalue weighted by Crippen LogP contribution is 2.32. The number of nitrogens with one attached hydrogen (secondary N) is 1. The summed E-state index contributed by atoms with van der Waals surface area (Å²) in [5, 5.41) is 1.47. The number of hydrogen-bond donors (Lipinski definition) is 1. The van der Waals surface area contributed by atoms with Crippen LogP contribution < -0.4 is 11.1 Å². The second-order valence-corrected chi connectivity index (χ2v) is 7.65. The minimum absolute atomic E-state index is 0.111. The Morgan fingerprint density at radius 2 is 1.71 bits per heavy atom. The maximum Gasteiger partial charge on any atom is 0.262 e.